The van der Waals surface area contributed by atoms with Crippen molar-refractivity contribution in [1.29, 1.82) is 0 Å². The quantitative estimate of drug-likeness (QED) is 0.142. The van der Waals surface area contributed by atoms with Crippen LogP contribution in [0, 0.1) is 57.2 Å². The molecule has 338 valence electrons. The third-order valence-electron chi connectivity index (χ3n) is 17.4. The Morgan fingerprint density at radius 2 is 1.43 bits per heavy atom. The third kappa shape index (κ3) is 7.34. The molecule has 0 amide bonds. The van der Waals surface area contributed by atoms with Gasteiger partial charge in [0, 0.05) is 5.92 Å². The van der Waals surface area contributed by atoms with Gasteiger partial charge >= 0.3 is 23.7 Å². The number of aryl methyl sites for hydroxylation is 1. The summed E-state index contributed by atoms with van der Waals surface area (Å²) in [5, 5.41) is 0. The number of nitrogens with zero attached hydrogens (tertiary/aromatic N) is 1. The van der Waals surface area contributed by atoms with Crippen molar-refractivity contribution in [3.63, 3.8) is 0 Å². The molecule has 1 aromatic heterocycles. The summed E-state index contributed by atoms with van der Waals surface area (Å²) < 4.78 is 28.9. The molecule has 0 spiro atoms. The number of likely N-dealkylation sites (N-methyl/N-ethyl adjacent to an activating group) is 1. The molecule has 5 aliphatic carbocycles. The Balaban J connectivity index is 1.12. The molecule has 8 rings (SSSR count). The summed E-state index contributed by atoms with van der Waals surface area (Å²) in [5.74, 6) is -2.49. The van der Waals surface area contributed by atoms with Crippen molar-refractivity contribution >= 4 is 23.7 Å². The first-order valence-corrected chi connectivity index (χ1v) is 22.9. The SMILES string of the molecule is Cc1oc(=O)oc1COC(=O)[C@]1(C)[C@@H](OC(=O)CN(C)C)CC[C@@]2(C)[C@H]1CC[C@]1(C)[C@@H]2C(=O)C=C2[C@@H]3C[C@@](C)(C(=O)OC(c4ccccc4)c4ccccc4)CC[C@]3(C)CC[C@]21C. The minimum absolute atomic E-state index is 0.000207. The molecule has 63 heavy (non-hydrogen) atoms. The lowest BCUT2D eigenvalue weighted by Gasteiger charge is -2.70. The lowest BCUT2D eigenvalue weighted by Crippen LogP contribution is -2.68. The second-order valence-electron chi connectivity index (χ2n) is 21.4. The minimum atomic E-state index is -1.31. The zero-order valence-corrected chi connectivity index (χ0v) is 38.5. The normalized spacial score (nSPS) is 36.0. The summed E-state index contributed by atoms with van der Waals surface area (Å²) in [6, 6.07) is 19.8. The Bertz CT molecular complexity index is 2310. The molecule has 0 unspecified atom stereocenters. The van der Waals surface area contributed by atoms with Crippen LogP contribution in [0.3, 0.4) is 0 Å². The van der Waals surface area contributed by atoms with E-state index < -0.39 is 57.5 Å². The average molecular weight is 864 g/mol. The standard InChI is InChI=1S/C52H65NO10/c1-32-38(61-46(58)60-32)31-59-45(57)52(7)39-20-23-51(6)43(49(39,4)22-21-40(52)62-41(55)30-53(8)9)37(54)28-35-36-29-48(3,25-24-47(36,2)26-27-50(35,51)5)44(56)63-42(33-16-12-10-13-17-33)34-18-14-11-15-19-34/h10-19,28,36,39-40,42-43H,20-27,29-31H2,1-9H3/t36-,39+,40-,43+,47+,48-,49-,50+,51+,52-/m0/s1. The highest BCUT2D eigenvalue weighted by Crippen LogP contribution is 2.75. The molecule has 0 bridgehead atoms. The van der Waals surface area contributed by atoms with Crippen LogP contribution in [0.2, 0.25) is 0 Å². The Kier molecular flexibility index (Phi) is 11.4. The van der Waals surface area contributed by atoms with Crippen LogP contribution >= 0.6 is 0 Å². The number of carbonyl (C=O) groups is 4. The van der Waals surface area contributed by atoms with Crippen molar-refractivity contribution in [1.82, 2.24) is 4.90 Å². The van der Waals surface area contributed by atoms with Gasteiger partial charge in [-0.3, -0.25) is 24.1 Å². The Morgan fingerprint density at radius 3 is 2.03 bits per heavy atom. The molecule has 2 aromatic carbocycles. The number of rotatable bonds is 10. The van der Waals surface area contributed by atoms with Crippen LogP contribution in [0.25, 0.3) is 0 Å². The van der Waals surface area contributed by atoms with Crippen LogP contribution in [-0.4, -0.2) is 55.3 Å². The summed E-state index contributed by atoms with van der Waals surface area (Å²) in [7, 11) is 3.57. The van der Waals surface area contributed by atoms with Crippen molar-refractivity contribution in [2.75, 3.05) is 20.6 Å². The van der Waals surface area contributed by atoms with E-state index in [4.69, 9.17) is 23.0 Å². The van der Waals surface area contributed by atoms with Gasteiger partial charge in [0.25, 0.3) is 0 Å². The molecular weight excluding hydrogens is 799 g/mol. The van der Waals surface area contributed by atoms with Gasteiger partial charge in [-0.05, 0) is 143 Å². The molecule has 4 saturated carbocycles. The Hall–Kier alpha value is -4.77. The lowest BCUT2D eigenvalue weighted by molar-refractivity contribution is -0.224. The van der Waals surface area contributed by atoms with Gasteiger partial charge in [-0.15, -0.1) is 0 Å². The van der Waals surface area contributed by atoms with Crippen molar-refractivity contribution < 1.29 is 42.2 Å². The van der Waals surface area contributed by atoms with Gasteiger partial charge in [0.1, 0.15) is 11.5 Å². The molecule has 1 heterocycles. The summed E-state index contributed by atoms with van der Waals surface area (Å²) in [6.45, 7) is 14.4. The van der Waals surface area contributed by atoms with E-state index in [0.29, 0.717) is 38.5 Å². The zero-order valence-electron chi connectivity index (χ0n) is 38.5. The fourth-order valence-electron chi connectivity index (χ4n) is 13.6. The van der Waals surface area contributed by atoms with Crippen LogP contribution in [0.4, 0.5) is 0 Å². The van der Waals surface area contributed by atoms with Crippen LogP contribution < -0.4 is 5.82 Å². The molecular formula is C52H65NO10. The van der Waals surface area contributed by atoms with Gasteiger partial charge in [0.2, 0.25) is 0 Å². The number of fused-ring (bicyclic) bond motifs is 7. The fourth-order valence-corrected chi connectivity index (χ4v) is 13.6. The number of ether oxygens (including phenoxy) is 3. The third-order valence-corrected chi connectivity index (χ3v) is 17.4. The first-order chi connectivity index (χ1) is 29.7. The maximum atomic E-state index is 15.3. The zero-order chi connectivity index (χ0) is 45.3. The summed E-state index contributed by atoms with van der Waals surface area (Å²) in [4.78, 5) is 71.5. The molecule has 11 heteroatoms. The van der Waals surface area contributed by atoms with Gasteiger partial charge in [0.05, 0.1) is 12.0 Å². The molecule has 3 aromatic rings. The van der Waals surface area contributed by atoms with Gasteiger partial charge in [-0.1, -0.05) is 93.9 Å². The largest absolute Gasteiger partial charge is 0.519 e. The van der Waals surface area contributed by atoms with E-state index in [1.807, 2.05) is 73.7 Å². The predicted octanol–water partition coefficient (Wildman–Crippen LogP) is 9.35. The average Bonchev–Trinajstić information content (AvgIpc) is 3.57. The van der Waals surface area contributed by atoms with Crippen LogP contribution in [0.5, 0.6) is 0 Å². The summed E-state index contributed by atoms with van der Waals surface area (Å²) >= 11 is 0. The van der Waals surface area contributed by atoms with Crippen LogP contribution in [0.15, 0.2) is 85.9 Å². The smallest absolute Gasteiger partial charge is 0.460 e. The van der Waals surface area contributed by atoms with Gasteiger partial charge < -0.3 is 23.0 Å². The number of esters is 3. The highest BCUT2D eigenvalue weighted by molar-refractivity contribution is 5.96. The minimum Gasteiger partial charge on any atom is -0.460 e. The lowest BCUT2D eigenvalue weighted by atomic mass is 9.33. The van der Waals surface area contributed by atoms with Crippen molar-refractivity contribution in [2.45, 2.75) is 125 Å². The molecule has 10 atom stereocenters. The monoisotopic (exact) mass is 863 g/mol. The van der Waals surface area contributed by atoms with Gasteiger partial charge in [-0.2, -0.15) is 0 Å². The second-order valence-corrected chi connectivity index (χ2v) is 21.4. The first-order valence-electron chi connectivity index (χ1n) is 22.9. The molecule has 0 saturated heterocycles. The Labute approximate surface area is 371 Å². The Morgan fingerprint density at radius 1 is 0.794 bits per heavy atom. The molecule has 0 radical (unpaired) electrons. The van der Waals surface area contributed by atoms with E-state index in [2.05, 4.69) is 34.6 Å². The maximum Gasteiger partial charge on any atom is 0.519 e. The second kappa shape index (κ2) is 16.0. The van der Waals surface area contributed by atoms with E-state index in [0.717, 1.165) is 36.0 Å². The van der Waals surface area contributed by atoms with E-state index in [-0.39, 0.29) is 59.1 Å². The molecule has 11 nitrogen and oxygen atoms in total. The van der Waals surface area contributed by atoms with E-state index >= 15 is 4.79 Å². The van der Waals surface area contributed by atoms with Crippen molar-refractivity contribution in [3.8, 4) is 0 Å². The summed E-state index contributed by atoms with van der Waals surface area (Å²) in [6.07, 6.45) is 6.89. The number of benzene rings is 2. The van der Waals surface area contributed by atoms with E-state index in [9.17, 15) is 19.2 Å². The van der Waals surface area contributed by atoms with E-state index in [1.54, 1.807) is 25.9 Å². The number of hydrogen-bond acceptors (Lipinski definition) is 11. The molecule has 0 aliphatic heterocycles. The summed E-state index contributed by atoms with van der Waals surface area (Å²) in [5.41, 5.74) is -0.636. The predicted molar refractivity (Wildman–Crippen MR) is 235 cm³/mol. The number of carbonyl (C=O) groups excluding carboxylic acids is 4. The van der Waals surface area contributed by atoms with Crippen LogP contribution in [-0.2, 0) is 40.0 Å². The van der Waals surface area contributed by atoms with Crippen molar-refractivity contribution in [2.24, 2.45) is 50.2 Å². The topological polar surface area (TPSA) is 143 Å². The van der Waals surface area contributed by atoms with Crippen molar-refractivity contribution in [3.05, 3.63) is 106 Å². The van der Waals surface area contributed by atoms with Crippen LogP contribution in [0.1, 0.15) is 128 Å². The van der Waals surface area contributed by atoms with E-state index in [1.165, 1.54) is 0 Å². The number of ketones is 1. The highest BCUT2D eigenvalue weighted by atomic mass is 16.6. The molecule has 5 aliphatic rings. The fraction of sp³-hybridized carbons (Fsp3) is 0.596. The number of allylic oxidation sites excluding steroid dienone is 2. The highest BCUT2D eigenvalue weighted by Gasteiger charge is 2.72. The van der Waals surface area contributed by atoms with Gasteiger partial charge in [-0.25, -0.2) is 4.79 Å². The maximum absolute atomic E-state index is 15.3. The molecule has 0 N–H and O–H groups in total. The molecule has 4 fully saturated rings. The first kappa shape index (κ1) is 44.8. The number of hydrogen-bond donors (Lipinski definition) is 0. The van der Waals surface area contributed by atoms with Gasteiger partial charge in [0.15, 0.2) is 30.0 Å².